The molecular weight excluding hydrogens is 571 g/mol. The summed E-state index contributed by atoms with van der Waals surface area (Å²) in [6, 6.07) is 12.9. The van der Waals surface area contributed by atoms with Gasteiger partial charge in [-0.05, 0) is 101 Å². The molecule has 0 saturated carbocycles. The second-order valence-electron chi connectivity index (χ2n) is 14.0. The molecule has 0 aliphatic heterocycles. The van der Waals surface area contributed by atoms with Crippen LogP contribution in [0, 0.1) is 39.0 Å². The van der Waals surface area contributed by atoms with Crippen LogP contribution in [0.1, 0.15) is 183 Å². The van der Waals surface area contributed by atoms with Gasteiger partial charge in [-0.1, -0.05) is 163 Å². The molecule has 1 unspecified atom stereocenters. The van der Waals surface area contributed by atoms with Crippen molar-refractivity contribution in [3.63, 3.8) is 0 Å². The first-order valence-electron chi connectivity index (χ1n) is 18.6. The molecule has 274 valence electrons. The van der Waals surface area contributed by atoms with Crippen molar-refractivity contribution in [1.29, 1.82) is 0 Å². The average Bonchev–Trinajstić information content (AvgIpc) is 2.97. The van der Waals surface area contributed by atoms with E-state index in [0.717, 1.165) is 17.3 Å². The molecule has 0 aliphatic carbocycles. The van der Waals surface area contributed by atoms with Gasteiger partial charge in [0.25, 0.3) is 0 Å². The van der Waals surface area contributed by atoms with Crippen LogP contribution in [-0.4, -0.2) is 11.5 Å². The predicted octanol–water partition coefficient (Wildman–Crippen LogP) is 15.7. The Bertz CT molecular complexity index is 1010. The fraction of sp³-hybridized carbons (Fsp3) is 0.644. The van der Waals surface area contributed by atoms with Crippen LogP contribution in [0.5, 0.6) is 0 Å². The summed E-state index contributed by atoms with van der Waals surface area (Å²) in [6.07, 6.45) is 12.8. The molecule has 0 fully saturated rings. The fourth-order valence-corrected chi connectivity index (χ4v) is 3.59. The van der Waals surface area contributed by atoms with E-state index in [1.54, 1.807) is 6.08 Å². The highest BCUT2D eigenvalue weighted by Gasteiger charge is 2.04. The van der Waals surface area contributed by atoms with E-state index in [2.05, 4.69) is 140 Å². The fourth-order valence-electron chi connectivity index (χ4n) is 3.59. The van der Waals surface area contributed by atoms with Gasteiger partial charge in [0.2, 0.25) is 0 Å². The van der Waals surface area contributed by atoms with Crippen LogP contribution in [0.15, 0.2) is 54.0 Å². The molecule has 0 N–H and O–H groups in total. The molecule has 0 bridgehead atoms. The van der Waals surface area contributed by atoms with E-state index in [4.69, 9.17) is 4.99 Å². The van der Waals surface area contributed by atoms with Crippen molar-refractivity contribution >= 4 is 17.2 Å². The van der Waals surface area contributed by atoms with Crippen molar-refractivity contribution in [2.24, 2.45) is 16.3 Å². The Morgan fingerprint density at radius 2 is 1.15 bits per heavy atom. The maximum atomic E-state index is 9.44. The van der Waals surface area contributed by atoms with Crippen molar-refractivity contribution in [2.75, 3.05) is 0 Å². The summed E-state index contributed by atoms with van der Waals surface area (Å²) >= 11 is 0. The van der Waals surface area contributed by atoms with Crippen molar-refractivity contribution in [3.8, 4) is 0 Å². The van der Waals surface area contributed by atoms with Gasteiger partial charge in [0.1, 0.15) is 5.78 Å². The second-order valence-corrected chi connectivity index (χ2v) is 14.0. The summed E-state index contributed by atoms with van der Waals surface area (Å²) in [5, 5.41) is 0. The Kier molecular flexibility index (Phi) is 41.8. The zero-order valence-corrected chi connectivity index (χ0v) is 35.3. The van der Waals surface area contributed by atoms with Crippen LogP contribution < -0.4 is 0 Å². The molecule has 0 spiro atoms. The number of benzene rings is 2. The predicted molar refractivity (Wildman–Crippen MR) is 221 cm³/mol. The van der Waals surface area contributed by atoms with Gasteiger partial charge in [0.05, 0.1) is 5.69 Å². The Hall–Kier alpha value is -2.48. The number of hydrogen-bond acceptors (Lipinski definition) is 2. The van der Waals surface area contributed by atoms with Crippen molar-refractivity contribution in [1.82, 2.24) is 0 Å². The standard InChI is InChI=1S/C18H21N.C10H22.C5H12.C4H10.C3H6O.C3H6.C2H6/c1-12-6-8-14(3)17(10-12)16(5)19-18-11-13(2)7-9-15(18)4;1-4-6-7-9-10(3)8-5-2;1-5(2,3)4;1-3-4-2;1-3(2)4;1-3-2;1-2/h6-11H,1-5H3;10H,4-9H2,1-3H3;1-4H3;3-4H2,1-2H3;1-2H3;3H,1H2,2H3;1-2H3. The number of unbranched alkanes of at least 4 members (excludes halogenated alkanes) is 3. The molecule has 2 aromatic rings. The highest BCUT2D eigenvalue weighted by Crippen LogP contribution is 2.22. The van der Waals surface area contributed by atoms with Gasteiger partial charge in [-0.25, -0.2) is 0 Å². The van der Waals surface area contributed by atoms with Crippen LogP contribution in [-0.2, 0) is 4.79 Å². The molecule has 1 atom stereocenters. The molecule has 0 radical (unpaired) electrons. The topological polar surface area (TPSA) is 29.4 Å². The minimum absolute atomic E-state index is 0.167. The second kappa shape index (κ2) is 36.4. The molecule has 0 aromatic heterocycles. The van der Waals surface area contributed by atoms with Gasteiger partial charge < -0.3 is 4.79 Å². The number of aliphatic imine (C=N–C) groups is 1. The molecule has 47 heavy (non-hydrogen) atoms. The number of rotatable bonds is 9. The number of hydrogen-bond donors (Lipinski definition) is 0. The zero-order chi connectivity index (χ0) is 38.0. The number of Topliss-reactive ketones (excluding diaryl/α,β-unsaturated/α-hetero) is 1. The monoisotopic (exact) mass is 654 g/mol. The number of allylic oxidation sites excluding steroid dienone is 1. The van der Waals surface area contributed by atoms with Crippen molar-refractivity contribution in [3.05, 3.63) is 76.9 Å². The maximum absolute atomic E-state index is 9.44. The molecule has 0 heterocycles. The van der Waals surface area contributed by atoms with Gasteiger partial charge in [0.15, 0.2) is 0 Å². The summed E-state index contributed by atoms with van der Waals surface area (Å²) in [5.74, 6) is 1.14. The summed E-state index contributed by atoms with van der Waals surface area (Å²) in [7, 11) is 0. The number of carbonyl (C=O) groups is 1. The molecule has 2 rings (SSSR count). The van der Waals surface area contributed by atoms with Gasteiger partial charge >= 0.3 is 0 Å². The first-order chi connectivity index (χ1) is 21.8. The smallest absolute Gasteiger partial charge is 0.126 e. The van der Waals surface area contributed by atoms with Crippen molar-refractivity contribution in [2.45, 2.75) is 183 Å². The van der Waals surface area contributed by atoms with Crippen LogP contribution >= 0.6 is 0 Å². The summed E-state index contributed by atoms with van der Waals surface area (Å²) < 4.78 is 0. The number of nitrogens with zero attached hydrogens (tertiary/aromatic N) is 1. The lowest BCUT2D eigenvalue weighted by molar-refractivity contribution is -0.115. The molecule has 2 heteroatoms. The van der Waals surface area contributed by atoms with Gasteiger partial charge in [-0.3, -0.25) is 4.99 Å². The third-order valence-electron chi connectivity index (χ3n) is 6.02. The molecule has 0 saturated heterocycles. The van der Waals surface area contributed by atoms with Crippen LogP contribution in [0.3, 0.4) is 0 Å². The van der Waals surface area contributed by atoms with E-state index in [-0.39, 0.29) is 5.78 Å². The lowest BCUT2D eigenvalue weighted by Gasteiger charge is -2.08. The van der Waals surface area contributed by atoms with E-state index < -0.39 is 0 Å². The van der Waals surface area contributed by atoms with Gasteiger partial charge in [-0.2, -0.15) is 0 Å². The van der Waals surface area contributed by atoms with Gasteiger partial charge in [-0.15, -0.1) is 6.58 Å². The molecule has 0 aliphatic rings. The molecule has 0 amide bonds. The average molecular weight is 654 g/mol. The van der Waals surface area contributed by atoms with E-state index in [1.165, 1.54) is 93.0 Å². The molecule has 2 aromatic carbocycles. The highest BCUT2D eigenvalue weighted by molar-refractivity contribution is 6.01. The Morgan fingerprint density at radius 1 is 0.745 bits per heavy atom. The van der Waals surface area contributed by atoms with E-state index in [0.29, 0.717) is 5.41 Å². The van der Waals surface area contributed by atoms with E-state index >= 15 is 0 Å². The summed E-state index contributed by atoms with van der Waals surface area (Å²) in [4.78, 5) is 14.3. The largest absolute Gasteiger partial charge is 0.300 e. The third-order valence-corrected chi connectivity index (χ3v) is 6.02. The number of ketones is 1. The van der Waals surface area contributed by atoms with Crippen LogP contribution in [0.25, 0.3) is 0 Å². The normalized spacial score (nSPS) is 10.5. The molecule has 2 nitrogen and oxygen atoms in total. The Morgan fingerprint density at radius 3 is 1.53 bits per heavy atom. The summed E-state index contributed by atoms with van der Waals surface area (Å²) in [6.45, 7) is 42.9. The summed E-state index contributed by atoms with van der Waals surface area (Å²) in [5.41, 5.74) is 8.90. The minimum Gasteiger partial charge on any atom is -0.300 e. The van der Waals surface area contributed by atoms with Gasteiger partial charge in [0, 0.05) is 5.71 Å². The van der Waals surface area contributed by atoms with Crippen molar-refractivity contribution < 1.29 is 4.79 Å². The first kappa shape index (κ1) is 54.0. The minimum atomic E-state index is 0.167. The Balaban J connectivity index is -0.000000176. The lowest BCUT2D eigenvalue weighted by atomic mass is 9.99. The maximum Gasteiger partial charge on any atom is 0.126 e. The lowest BCUT2D eigenvalue weighted by Crippen LogP contribution is -1.98. The Labute approximate surface area is 297 Å². The quantitative estimate of drug-likeness (QED) is 0.150. The SMILES string of the molecule is C=CC.CC.CC(=Nc1cc(C)ccc1C)c1cc(C)ccc1C.CC(C)(C)C.CC(C)=O.CCCC.CCCCCC(C)CCC. The first-order valence-corrected chi connectivity index (χ1v) is 18.6. The van der Waals surface area contributed by atoms with Crippen LogP contribution in [0.4, 0.5) is 5.69 Å². The zero-order valence-electron chi connectivity index (χ0n) is 35.3. The molecular formula is C45H83NO. The van der Waals surface area contributed by atoms with E-state index in [1.807, 2.05) is 20.8 Å². The highest BCUT2D eigenvalue weighted by atomic mass is 16.1. The third kappa shape index (κ3) is 45.7. The number of aryl methyl sites for hydroxylation is 4. The van der Waals surface area contributed by atoms with E-state index in [9.17, 15) is 4.79 Å². The number of carbonyl (C=O) groups excluding carboxylic acids is 1. The van der Waals surface area contributed by atoms with Crippen LogP contribution in [0.2, 0.25) is 0 Å².